The van der Waals surface area contributed by atoms with Gasteiger partial charge >= 0.3 is 0 Å². The first kappa shape index (κ1) is 20.6. The molecule has 4 rings (SSSR count). The maximum Gasteiger partial charge on any atom is 0.255 e. The lowest BCUT2D eigenvalue weighted by atomic mass is 10.1. The highest BCUT2D eigenvalue weighted by atomic mass is 32.2. The number of benzene rings is 2. The Morgan fingerprint density at radius 1 is 1.00 bits per heavy atom. The zero-order valence-corrected chi connectivity index (χ0v) is 17.8. The first-order valence-corrected chi connectivity index (χ1v) is 11.3. The number of nitrogens with one attached hydrogen (secondary N) is 1. The molecule has 0 atom stereocenters. The molecule has 0 unspecified atom stereocenters. The number of carbonyl (C=O) groups is 3. The molecule has 2 aromatic rings. The maximum atomic E-state index is 12.7. The molecular weight excluding hydrogens is 398 g/mol. The average Bonchev–Trinajstić information content (AvgIpc) is 3.09. The fourth-order valence-electron chi connectivity index (χ4n) is 3.80. The normalized spacial score (nSPS) is 17.4. The number of imide groups is 1. The van der Waals surface area contributed by atoms with Crippen LogP contribution in [-0.2, 0) is 16.1 Å². The third-order valence-corrected chi connectivity index (χ3v) is 6.43. The summed E-state index contributed by atoms with van der Waals surface area (Å²) in [5.41, 5.74) is 4.05. The number of thioether (sulfide) groups is 1. The summed E-state index contributed by atoms with van der Waals surface area (Å²) in [5.74, 6) is 1.76. The van der Waals surface area contributed by atoms with Crippen LogP contribution in [0.15, 0.2) is 42.5 Å². The van der Waals surface area contributed by atoms with Gasteiger partial charge in [0.1, 0.15) is 0 Å². The van der Waals surface area contributed by atoms with Crippen LogP contribution in [0.4, 0.5) is 11.4 Å². The van der Waals surface area contributed by atoms with Crippen LogP contribution in [0.2, 0.25) is 0 Å². The number of aryl methyl sites for hydroxylation is 1. The third-order valence-electron chi connectivity index (χ3n) is 5.49. The summed E-state index contributed by atoms with van der Waals surface area (Å²) in [6.45, 7) is 5.17. The molecule has 156 valence electrons. The molecule has 2 fully saturated rings. The van der Waals surface area contributed by atoms with Crippen molar-refractivity contribution in [1.82, 2.24) is 4.90 Å². The van der Waals surface area contributed by atoms with E-state index in [1.165, 1.54) is 22.0 Å². The number of amides is 3. The summed E-state index contributed by atoms with van der Waals surface area (Å²) in [4.78, 5) is 40.0. The first-order valence-electron chi connectivity index (χ1n) is 10.2. The van der Waals surface area contributed by atoms with E-state index in [0.29, 0.717) is 11.3 Å². The van der Waals surface area contributed by atoms with Gasteiger partial charge < -0.3 is 5.32 Å². The van der Waals surface area contributed by atoms with Crippen molar-refractivity contribution in [3.8, 4) is 0 Å². The van der Waals surface area contributed by atoms with E-state index in [0.717, 1.165) is 30.9 Å². The van der Waals surface area contributed by atoms with Gasteiger partial charge in [-0.1, -0.05) is 12.1 Å². The fourth-order valence-corrected chi connectivity index (χ4v) is 4.78. The molecule has 2 aromatic carbocycles. The van der Waals surface area contributed by atoms with Crippen molar-refractivity contribution >= 4 is 40.9 Å². The third kappa shape index (κ3) is 4.57. The van der Waals surface area contributed by atoms with E-state index in [1.54, 1.807) is 24.3 Å². The molecular formula is C23H25N3O3S. The van der Waals surface area contributed by atoms with Crippen molar-refractivity contribution in [1.29, 1.82) is 0 Å². The van der Waals surface area contributed by atoms with Gasteiger partial charge in [-0.2, -0.15) is 11.8 Å². The predicted octanol–water partition coefficient (Wildman–Crippen LogP) is 3.45. The molecule has 2 aliphatic heterocycles. The molecule has 0 saturated carbocycles. The van der Waals surface area contributed by atoms with Gasteiger partial charge in [0.15, 0.2) is 0 Å². The van der Waals surface area contributed by atoms with E-state index < -0.39 is 0 Å². The quantitative estimate of drug-likeness (QED) is 0.746. The monoisotopic (exact) mass is 423 g/mol. The van der Waals surface area contributed by atoms with E-state index in [1.807, 2.05) is 24.8 Å². The standard InChI is InChI=1S/C23H25N3O3S/c1-16-14-17(15-25-10-12-30-13-11-25)2-7-20(16)24-23(29)18-3-5-19(6-4-18)26-21(27)8-9-22(26)28/h2-7,14H,8-13,15H2,1H3,(H,24,29). The molecule has 0 radical (unpaired) electrons. The number of hydrogen-bond donors (Lipinski definition) is 1. The number of hydrogen-bond acceptors (Lipinski definition) is 5. The largest absolute Gasteiger partial charge is 0.322 e. The summed E-state index contributed by atoms with van der Waals surface area (Å²) >= 11 is 2.00. The van der Waals surface area contributed by atoms with Crippen LogP contribution in [0.1, 0.15) is 34.3 Å². The predicted molar refractivity (Wildman–Crippen MR) is 120 cm³/mol. The second-order valence-electron chi connectivity index (χ2n) is 7.66. The van der Waals surface area contributed by atoms with E-state index in [9.17, 15) is 14.4 Å². The summed E-state index contributed by atoms with van der Waals surface area (Å²) in [5, 5.41) is 2.96. The van der Waals surface area contributed by atoms with E-state index in [-0.39, 0.29) is 30.6 Å². The molecule has 2 heterocycles. The van der Waals surface area contributed by atoms with Gasteiger partial charge in [-0.25, -0.2) is 0 Å². The van der Waals surface area contributed by atoms with Crippen LogP contribution < -0.4 is 10.2 Å². The molecule has 0 aliphatic carbocycles. The number of nitrogens with zero attached hydrogens (tertiary/aromatic N) is 2. The zero-order chi connectivity index (χ0) is 21.1. The lowest BCUT2D eigenvalue weighted by molar-refractivity contribution is -0.121. The Balaban J connectivity index is 1.40. The second-order valence-corrected chi connectivity index (χ2v) is 8.89. The highest BCUT2D eigenvalue weighted by molar-refractivity contribution is 7.99. The minimum Gasteiger partial charge on any atom is -0.322 e. The number of rotatable bonds is 5. The minimum atomic E-state index is -0.218. The Hall–Kier alpha value is -2.64. The summed E-state index contributed by atoms with van der Waals surface area (Å²) in [7, 11) is 0. The maximum absolute atomic E-state index is 12.7. The van der Waals surface area contributed by atoms with Crippen LogP contribution in [0.25, 0.3) is 0 Å². The zero-order valence-electron chi connectivity index (χ0n) is 17.0. The Bertz CT molecular complexity index is 952. The highest BCUT2D eigenvalue weighted by Gasteiger charge is 2.30. The van der Waals surface area contributed by atoms with Crippen LogP contribution in [0.3, 0.4) is 0 Å². The highest BCUT2D eigenvalue weighted by Crippen LogP contribution is 2.24. The number of anilines is 2. The molecule has 3 amide bonds. The SMILES string of the molecule is Cc1cc(CN2CCSCC2)ccc1NC(=O)c1ccc(N2C(=O)CCC2=O)cc1. The van der Waals surface area contributed by atoms with Crippen LogP contribution in [0.5, 0.6) is 0 Å². The van der Waals surface area contributed by atoms with Crippen molar-refractivity contribution in [2.45, 2.75) is 26.3 Å². The summed E-state index contributed by atoms with van der Waals surface area (Å²) in [6, 6.07) is 12.7. The van der Waals surface area contributed by atoms with Gasteiger partial charge in [-0.3, -0.25) is 24.2 Å². The van der Waals surface area contributed by atoms with Crippen molar-refractivity contribution < 1.29 is 14.4 Å². The number of carbonyl (C=O) groups excluding carboxylic acids is 3. The first-order chi connectivity index (χ1) is 14.5. The smallest absolute Gasteiger partial charge is 0.255 e. The Morgan fingerprint density at radius 2 is 1.67 bits per heavy atom. The van der Waals surface area contributed by atoms with Gasteiger partial charge in [0, 0.05) is 55.2 Å². The molecule has 30 heavy (non-hydrogen) atoms. The van der Waals surface area contributed by atoms with E-state index in [2.05, 4.69) is 22.3 Å². The molecule has 6 nitrogen and oxygen atoms in total. The Kier molecular flexibility index (Phi) is 6.20. The summed E-state index contributed by atoms with van der Waals surface area (Å²) < 4.78 is 0. The van der Waals surface area contributed by atoms with Crippen molar-refractivity contribution in [2.75, 3.05) is 34.8 Å². The fraction of sp³-hybridized carbons (Fsp3) is 0.348. The van der Waals surface area contributed by atoms with Crippen LogP contribution >= 0.6 is 11.8 Å². The summed E-state index contributed by atoms with van der Waals surface area (Å²) in [6.07, 6.45) is 0.486. The topological polar surface area (TPSA) is 69.7 Å². The van der Waals surface area contributed by atoms with Gasteiger partial charge in [-0.05, 0) is 48.4 Å². The molecule has 0 spiro atoms. The molecule has 7 heteroatoms. The van der Waals surface area contributed by atoms with Gasteiger partial charge in [0.25, 0.3) is 5.91 Å². The Morgan fingerprint density at radius 3 is 2.30 bits per heavy atom. The van der Waals surface area contributed by atoms with Gasteiger partial charge in [0.2, 0.25) is 11.8 Å². The molecule has 0 aromatic heterocycles. The van der Waals surface area contributed by atoms with E-state index in [4.69, 9.17) is 0 Å². The van der Waals surface area contributed by atoms with Gasteiger partial charge in [0.05, 0.1) is 5.69 Å². The van der Waals surface area contributed by atoms with Crippen molar-refractivity contribution in [2.24, 2.45) is 0 Å². The lowest BCUT2D eigenvalue weighted by Crippen LogP contribution is -2.31. The van der Waals surface area contributed by atoms with Crippen LogP contribution in [0, 0.1) is 6.92 Å². The molecule has 2 saturated heterocycles. The lowest BCUT2D eigenvalue weighted by Gasteiger charge is -2.26. The Labute approximate surface area is 180 Å². The molecule has 1 N–H and O–H groups in total. The minimum absolute atomic E-state index is 0.198. The average molecular weight is 424 g/mol. The van der Waals surface area contributed by atoms with Gasteiger partial charge in [-0.15, -0.1) is 0 Å². The molecule has 0 bridgehead atoms. The van der Waals surface area contributed by atoms with Crippen molar-refractivity contribution in [3.05, 3.63) is 59.2 Å². The molecule has 2 aliphatic rings. The van der Waals surface area contributed by atoms with Crippen LogP contribution in [-0.4, -0.2) is 47.2 Å². The second kappa shape index (κ2) is 9.02. The van der Waals surface area contributed by atoms with E-state index >= 15 is 0 Å². The van der Waals surface area contributed by atoms with Crippen molar-refractivity contribution in [3.63, 3.8) is 0 Å².